The monoisotopic (exact) mass is 666 g/mol. The minimum atomic E-state index is -5.25. The number of halogens is 9. The number of unbranched alkanes of at least 4 members (excludes halogenated alkanes) is 1. The van der Waals surface area contributed by atoms with Crippen molar-refractivity contribution in [2.75, 3.05) is 0 Å². The average Bonchev–Trinajstić information content (AvgIpc) is 3.00. The fourth-order valence-corrected chi connectivity index (χ4v) is 6.11. The normalized spacial score (nSPS) is 17.1. The lowest BCUT2D eigenvalue weighted by atomic mass is 9.77. The third-order valence-corrected chi connectivity index (χ3v) is 8.52. The average molecular weight is 667 g/mol. The van der Waals surface area contributed by atoms with Gasteiger partial charge in [0.1, 0.15) is 28.8 Å². The van der Waals surface area contributed by atoms with Crippen LogP contribution in [0.15, 0.2) is 72.8 Å². The van der Waals surface area contributed by atoms with Crippen LogP contribution in [0.1, 0.15) is 68.9 Å². The minimum Gasteiger partial charge on any atom is -0.429 e. The van der Waals surface area contributed by atoms with Crippen LogP contribution >= 0.6 is 0 Å². The summed E-state index contributed by atoms with van der Waals surface area (Å²) in [5.41, 5.74) is -0.00501. The van der Waals surface area contributed by atoms with Crippen LogP contribution in [0.4, 0.5) is 39.5 Å². The van der Waals surface area contributed by atoms with Gasteiger partial charge in [-0.2, -0.15) is 8.78 Å². The first-order valence-corrected chi connectivity index (χ1v) is 15.3. The van der Waals surface area contributed by atoms with Crippen molar-refractivity contribution in [2.45, 2.75) is 70.3 Å². The lowest BCUT2D eigenvalue weighted by Gasteiger charge is -2.29. The van der Waals surface area contributed by atoms with Crippen molar-refractivity contribution in [2.24, 2.45) is 5.92 Å². The zero-order valence-electron chi connectivity index (χ0n) is 25.3. The van der Waals surface area contributed by atoms with Crippen LogP contribution in [0.3, 0.4) is 0 Å². The van der Waals surface area contributed by atoms with Crippen molar-refractivity contribution < 1.29 is 49.0 Å². The Bertz CT molecular complexity index is 1670. The molecule has 1 saturated carbocycles. The topological polar surface area (TPSA) is 18.5 Å². The summed E-state index contributed by atoms with van der Waals surface area (Å²) in [4.78, 5) is 0. The van der Waals surface area contributed by atoms with E-state index in [4.69, 9.17) is 0 Å². The number of hydrogen-bond donors (Lipinski definition) is 0. The lowest BCUT2D eigenvalue weighted by Crippen LogP contribution is -2.25. The van der Waals surface area contributed by atoms with Gasteiger partial charge in [0.2, 0.25) is 0 Å². The van der Waals surface area contributed by atoms with Crippen LogP contribution in [0, 0.1) is 29.2 Å². The molecule has 250 valence electrons. The van der Waals surface area contributed by atoms with Gasteiger partial charge in [-0.25, -0.2) is 17.6 Å². The second-order valence-electron chi connectivity index (χ2n) is 11.8. The summed E-state index contributed by atoms with van der Waals surface area (Å²) in [7, 11) is 0. The van der Waals surface area contributed by atoms with Gasteiger partial charge >= 0.3 is 12.5 Å². The summed E-state index contributed by atoms with van der Waals surface area (Å²) < 4.78 is 133. The van der Waals surface area contributed by atoms with Gasteiger partial charge in [0.25, 0.3) is 0 Å². The lowest BCUT2D eigenvalue weighted by molar-refractivity contribution is -0.275. The Hall–Kier alpha value is -4.15. The molecule has 0 amide bonds. The molecule has 47 heavy (non-hydrogen) atoms. The van der Waals surface area contributed by atoms with Crippen molar-refractivity contribution in [3.05, 3.63) is 107 Å². The molecule has 0 aliphatic heterocycles. The van der Waals surface area contributed by atoms with E-state index in [9.17, 15) is 35.1 Å². The van der Waals surface area contributed by atoms with E-state index in [0.717, 1.165) is 24.3 Å². The van der Waals surface area contributed by atoms with Crippen molar-refractivity contribution in [3.8, 4) is 33.8 Å². The third kappa shape index (κ3) is 8.23. The first kappa shape index (κ1) is 34.2. The Morgan fingerprint density at radius 2 is 1.26 bits per heavy atom. The fourth-order valence-electron chi connectivity index (χ4n) is 6.11. The van der Waals surface area contributed by atoms with E-state index in [1.165, 1.54) is 49.8 Å². The Morgan fingerprint density at radius 3 is 1.83 bits per heavy atom. The first-order valence-electron chi connectivity index (χ1n) is 15.3. The van der Waals surface area contributed by atoms with E-state index < -0.39 is 52.8 Å². The van der Waals surface area contributed by atoms with Crippen LogP contribution in [0.25, 0.3) is 22.3 Å². The van der Waals surface area contributed by atoms with Crippen molar-refractivity contribution >= 4 is 0 Å². The van der Waals surface area contributed by atoms with Crippen LogP contribution in [0.2, 0.25) is 0 Å². The fraction of sp³-hybridized carbons (Fsp3) is 0.333. The maximum Gasteiger partial charge on any atom is 0.573 e. The molecule has 0 atom stereocenters. The molecule has 1 aliphatic rings. The molecule has 2 nitrogen and oxygen atoms in total. The molecule has 0 spiro atoms. The molecule has 0 radical (unpaired) electrons. The molecule has 0 aromatic heterocycles. The number of rotatable bonds is 10. The second-order valence-corrected chi connectivity index (χ2v) is 11.8. The quantitative estimate of drug-likeness (QED) is 0.157. The maximum atomic E-state index is 15.2. The summed E-state index contributed by atoms with van der Waals surface area (Å²) in [6.45, 7) is 2.20. The second kappa shape index (κ2) is 13.9. The standard InChI is InChI=1S/C36H31F9O2/c1-2-3-4-21-5-7-22(8-6-21)23-9-11-24(12-10-23)25-13-15-28(29(37)17-25)26-18-31(39)34(32(40)19-26)35(41,42)46-27-14-16-33(30(38)20-27)47-36(43,44)45/h9-22H,2-8H2,1H3. The Morgan fingerprint density at radius 1 is 0.638 bits per heavy atom. The molecule has 11 heteroatoms. The molecule has 4 aromatic carbocycles. The van der Waals surface area contributed by atoms with Gasteiger partial charge in [-0.3, -0.25) is 0 Å². The predicted octanol–water partition coefficient (Wildman–Crippen LogP) is 12.1. The molecule has 5 rings (SSSR count). The predicted molar refractivity (Wildman–Crippen MR) is 159 cm³/mol. The van der Waals surface area contributed by atoms with E-state index in [0.29, 0.717) is 35.7 Å². The van der Waals surface area contributed by atoms with Gasteiger partial charge in [-0.15, -0.1) is 13.2 Å². The zero-order valence-corrected chi connectivity index (χ0v) is 25.3. The molecule has 0 N–H and O–H groups in total. The van der Waals surface area contributed by atoms with E-state index >= 15 is 4.39 Å². The highest BCUT2D eigenvalue weighted by Crippen LogP contribution is 2.40. The molecule has 0 unspecified atom stereocenters. The molecule has 0 bridgehead atoms. The van der Waals surface area contributed by atoms with Gasteiger partial charge in [0, 0.05) is 11.6 Å². The Kier molecular flexibility index (Phi) is 10.1. The summed E-state index contributed by atoms with van der Waals surface area (Å²) in [5, 5.41) is 0. The third-order valence-electron chi connectivity index (χ3n) is 8.52. The van der Waals surface area contributed by atoms with E-state index in [1.807, 2.05) is 24.3 Å². The number of benzene rings is 4. The molecule has 0 heterocycles. The highest BCUT2D eigenvalue weighted by molar-refractivity contribution is 5.71. The smallest absolute Gasteiger partial charge is 0.429 e. The van der Waals surface area contributed by atoms with Crippen molar-refractivity contribution in [3.63, 3.8) is 0 Å². The van der Waals surface area contributed by atoms with Gasteiger partial charge in [-0.1, -0.05) is 62.6 Å². The van der Waals surface area contributed by atoms with Crippen LogP contribution in [-0.4, -0.2) is 6.36 Å². The highest BCUT2D eigenvalue weighted by atomic mass is 19.4. The van der Waals surface area contributed by atoms with Gasteiger partial charge in [0.05, 0.1) is 0 Å². The van der Waals surface area contributed by atoms with E-state index in [-0.39, 0.29) is 17.2 Å². The van der Waals surface area contributed by atoms with Gasteiger partial charge < -0.3 is 9.47 Å². The summed E-state index contributed by atoms with van der Waals surface area (Å²) >= 11 is 0. The van der Waals surface area contributed by atoms with E-state index in [2.05, 4.69) is 16.4 Å². The number of ether oxygens (including phenoxy) is 2. The van der Waals surface area contributed by atoms with Gasteiger partial charge in [0.15, 0.2) is 11.6 Å². The summed E-state index contributed by atoms with van der Waals surface area (Å²) in [5.74, 6) is -7.22. The Balaban J connectivity index is 1.30. The Labute approximate surface area is 266 Å². The van der Waals surface area contributed by atoms with Crippen molar-refractivity contribution in [1.82, 2.24) is 0 Å². The molecule has 1 aliphatic carbocycles. The summed E-state index contributed by atoms with van der Waals surface area (Å²) in [6, 6.07) is 13.9. The van der Waals surface area contributed by atoms with Crippen LogP contribution in [-0.2, 0) is 6.11 Å². The number of hydrogen-bond acceptors (Lipinski definition) is 2. The minimum absolute atomic E-state index is 0.142. The van der Waals surface area contributed by atoms with Crippen LogP contribution < -0.4 is 9.47 Å². The molecular weight excluding hydrogens is 635 g/mol. The van der Waals surface area contributed by atoms with Crippen molar-refractivity contribution in [1.29, 1.82) is 0 Å². The van der Waals surface area contributed by atoms with E-state index in [1.54, 1.807) is 6.07 Å². The number of alkyl halides is 5. The molecule has 4 aromatic rings. The maximum absolute atomic E-state index is 15.2. The highest BCUT2D eigenvalue weighted by Gasteiger charge is 2.42. The zero-order chi connectivity index (χ0) is 33.9. The molecule has 0 saturated heterocycles. The van der Waals surface area contributed by atoms with Crippen LogP contribution in [0.5, 0.6) is 11.5 Å². The summed E-state index contributed by atoms with van der Waals surface area (Å²) in [6.07, 6.45) is -1.54. The first-order chi connectivity index (χ1) is 22.2. The largest absolute Gasteiger partial charge is 0.573 e. The molecule has 1 fully saturated rings. The SMILES string of the molecule is CCCCC1CCC(c2ccc(-c3ccc(-c4cc(F)c(C(F)(F)Oc5ccc(OC(F)(F)F)c(F)c5)c(F)c4)c(F)c3)cc2)CC1. The molecular formula is C36H31F9O2. The van der Waals surface area contributed by atoms with Gasteiger partial charge in [-0.05, 0) is 90.1 Å².